The van der Waals surface area contributed by atoms with Crippen molar-refractivity contribution in [3.05, 3.63) is 47.1 Å². The average molecular weight is 273 g/mol. The molecule has 1 aliphatic rings. The minimum atomic E-state index is 0.147. The van der Waals surface area contributed by atoms with Crippen molar-refractivity contribution in [2.75, 3.05) is 19.8 Å². The summed E-state index contributed by atoms with van der Waals surface area (Å²) in [6, 6.07) is 8.40. The highest BCUT2D eigenvalue weighted by Gasteiger charge is 2.26. The van der Waals surface area contributed by atoms with Crippen LogP contribution in [0.1, 0.15) is 35.7 Å². The Labute approximate surface area is 118 Å². The molecule has 0 saturated carbocycles. The minimum Gasteiger partial charge on any atom is -0.381 e. The van der Waals surface area contributed by atoms with Crippen molar-refractivity contribution in [2.45, 2.75) is 25.8 Å². The lowest BCUT2D eigenvalue weighted by Gasteiger charge is -2.23. The number of ether oxygens (including phenoxy) is 1. The molecule has 2 heterocycles. The van der Waals surface area contributed by atoms with Crippen molar-refractivity contribution in [1.82, 2.24) is 15.5 Å². The van der Waals surface area contributed by atoms with Gasteiger partial charge in [-0.15, -0.1) is 0 Å². The first kappa shape index (κ1) is 13.3. The first-order valence-corrected chi connectivity index (χ1v) is 7.07. The molecule has 0 fully saturated rings. The van der Waals surface area contributed by atoms with E-state index in [0.717, 1.165) is 18.9 Å². The second kappa shape index (κ2) is 6.15. The third-order valence-electron chi connectivity index (χ3n) is 3.55. The zero-order valence-electron chi connectivity index (χ0n) is 11.6. The van der Waals surface area contributed by atoms with Crippen molar-refractivity contribution >= 4 is 0 Å². The van der Waals surface area contributed by atoms with Gasteiger partial charge in [-0.25, -0.2) is 0 Å². The van der Waals surface area contributed by atoms with E-state index in [9.17, 15) is 0 Å². The number of nitrogens with one attached hydrogen (secondary N) is 1. The topological polar surface area (TPSA) is 60.2 Å². The van der Waals surface area contributed by atoms with Gasteiger partial charge in [-0.3, -0.25) is 0 Å². The summed E-state index contributed by atoms with van der Waals surface area (Å²) in [5, 5.41) is 7.44. The van der Waals surface area contributed by atoms with Crippen molar-refractivity contribution in [2.24, 2.45) is 0 Å². The van der Waals surface area contributed by atoms with Gasteiger partial charge in [0, 0.05) is 26.1 Å². The van der Waals surface area contributed by atoms with Crippen LogP contribution in [0.3, 0.4) is 0 Å². The second-order valence-electron chi connectivity index (χ2n) is 4.88. The maximum Gasteiger partial charge on any atom is 0.235 e. The summed E-state index contributed by atoms with van der Waals surface area (Å²) >= 11 is 0. The molecule has 0 amide bonds. The molecule has 1 unspecified atom stereocenters. The van der Waals surface area contributed by atoms with Gasteiger partial charge >= 0.3 is 0 Å². The Morgan fingerprint density at radius 2 is 2.30 bits per heavy atom. The molecule has 1 aromatic carbocycles. The first-order valence-electron chi connectivity index (χ1n) is 7.07. The number of hydrogen-bond acceptors (Lipinski definition) is 5. The predicted octanol–water partition coefficient (Wildman–Crippen LogP) is 1.88. The van der Waals surface area contributed by atoms with Gasteiger partial charge in [0.15, 0.2) is 5.82 Å². The molecule has 1 N–H and O–H groups in total. The molecular weight excluding hydrogens is 254 g/mol. The molecule has 20 heavy (non-hydrogen) atoms. The fourth-order valence-electron chi connectivity index (χ4n) is 2.53. The lowest BCUT2D eigenvalue weighted by molar-refractivity contribution is 0.149. The van der Waals surface area contributed by atoms with Crippen LogP contribution < -0.4 is 5.32 Å². The Morgan fingerprint density at radius 1 is 1.40 bits per heavy atom. The highest BCUT2D eigenvalue weighted by atomic mass is 16.5. The maximum absolute atomic E-state index is 5.44. The van der Waals surface area contributed by atoms with E-state index < -0.39 is 0 Å². The Hall–Kier alpha value is -1.72. The van der Waals surface area contributed by atoms with Gasteiger partial charge in [0.1, 0.15) is 0 Å². The number of aromatic nitrogens is 2. The molecule has 0 aliphatic carbocycles. The Morgan fingerprint density at radius 3 is 3.20 bits per heavy atom. The van der Waals surface area contributed by atoms with Crippen molar-refractivity contribution in [1.29, 1.82) is 0 Å². The molecule has 1 atom stereocenters. The molecule has 5 nitrogen and oxygen atoms in total. The van der Waals surface area contributed by atoms with E-state index in [4.69, 9.17) is 9.26 Å². The lowest BCUT2D eigenvalue weighted by Crippen LogP contribution is -2.28. The first-order chi connectivity index (χ1) is 9.88. The van der Waals surface area contributed by atoms with Gasteiger partial charge in [0.05, 0.1) is 12.5 Å². The number of fused-ring (bicyclic) bond motifs is 1. The van der Waals surface area contributed by atoms with Gasteiger partial charge in [0.2, 0.25) is 5.89 Å². The molecule has 0 spiro atoms. The average Bonchev–Trinajstić information content (AvgIpc) is 2.96. The lowest BCUT2D eigenvalue weighted by atomic mass is 9.91. The van der Waals surface area contributed by atoms with Crippen LogP contribution in [-0.4, -0.2) is 29.9 Å². The predicted molar refractivity (Wildman–Crippen MR) is 74.5 cm³/mol. The fourth-order valence-corrected chi connectivity index (χ4v) is 2.53. The van der Waals surface area contributed by atoms with Gasteiger partial charge < -0.3 is 14.6 Å². The smallest absolute Gasteiger partial charge is 0.235 e. The van der Waals surface area contributed by atoms with E-state index in [0.29, 0.717) is 25.5 Å². The molecule has 1 aliphatic heterocycles. The van der Waals surface area contributed by atoms with Crippen molar-refractivity contribution in [3.63, 3.8) is 0 Å². The SMILES string of the molecule is CCOCCc1noc(C2CNCc3ccccc32)n1. The van der Waals surface area contributed by atoms with Crippen molar-refractivity contribution in [3.8, 4) is 0 Å². The molecule has 0 bridgehead atoms. The number of benzene rings is 1. The molecule has 106 valence electrons. The summed E-state index contributed by atoms with van der Waals surface area (Å²) in [6.45, 7) is 5.06. The second-order valence-corrected chi connectivity index (χ2v) is 4.88. The van der Waals surface area contributed by atoms with Crippen LogP contribution >= 0.6 is 0 Å². The van der Waals surface area contributed by atoms with E-state index in [1.807, 2.05) is 6.92 Å². The molecule has 1 aromatic heterocycles. The maximum atomic E-state index is 5.44. The number of nitrogens with zero attached hydrogens (tertiary/aromatic N) is 2. The summed E-state index contributed by atoms with van der Waals surface area (Å²) in [4.78, 5) is 4.51. The standard InChI is InChI=1S/C15H19N3O2/c1-2-19-8-7-14-17-15(20-18-14)13-10-16-9-11-5-3-4-6-12(11)13/h3-6,13,16H,2,7-10H2,1H3. The van der Waals surface area contributed by atoms with E-state index in [1.54, 1.807) is 0 Å². The molecule has 0 radical (unpaired) electrons. The highest BCUT2D eigenvalue weighted by molar-refractivity contribution is 5.35. The summed E-state index contributed by atoms with van der Waals surface area (Å²) in [5.41, 5.74) is 2.59. The monoisotopic (exact) mass is 273 g/mol. The van der Waals surface area contributed by atoms with Crippen LogP contribution in [0.2, 0.25) is 0 Å². The van der Waals surface area contributed by atoms with E-state index in [2.05, 4.69) is 39.7 Å². The highest BCUT2D eigenvalue weighted by Crippen LogP contribution is 2.28. The Bertz CT molecular complexity index is 568. The summed E-state index contributed by atoms with van der Waals surface area (Å²) in [7, 11) is 0. The van der Waals surface area contributed by atoms with Crippen molar-refractivity contribution < 1.29 is 9.26 Å². The number of rotatable bonds is 5. The van der Waals surface area contributed by atoms with Crippen LogP contribution in [-0.2, 0) is 17.7 Å². The van der Waals surface area contributed by atoms with Crippen LogP contribution in [0.5, 0.6) is 0 Å². The molecule has 0 saturated heterocycles. The van der Waals surface area contributed by atoms with Gasteiger partial charge in [-0.05, 0) is 18.1 Å². The fraction of sp³-hybridized carbons (Fsp3) is 0.467. The van der Waals surface area contributed by atoms with Crippen LogP contribution in [0, 0.1) is 0 Å². The third kappa shape index (κ3) is 2.73. The molecule has 2 aromatic rings. The molecule has 5 heteroatoms. The number of hydrogen-bond donors (Lipinski definition) is 1. The van der Waals surface area contributed by atoms with Gasteiger partial charge in [-0.1, -0.05) is 29.4 Å². The summed E-state index contributed by atoms with van der Waals surface area (Å²) in [5.74, 6) is 1.56. The summed E-state index contributed by atoms with van der Waals surface area (Å²) < 4.78 is 10.7. The van der Waals surface area contributed by atoms with Crippen LogP contribution in [0.4, 0.5) is 0 Å². The van der Waals surface area contributed by atoms with Crippen LogP contribution in [0.15, 0.2) is 28.8 Å². The zero-order chi connectivity index (χ0) is 13.8. The van der Waals surface area contributed by atoms with E-state index >= 15 is 0 Å². The Kier molecular flexibility index (Phi) is 4.08. The minimum absolute atomic E-state index is 0.147. The van der Waals surface area contributed by atoms with Gasteiger partial charge in [-0.2, -0.15) is 4.98 Å². The van der Waals surface area contributed by atoms with Gasteiger partial charge in [0.25, 0.3) is 0 Å². The largest absolute Gasteiger partial charge is 0.381 e. The van der Waals surface area contributed by atoms with Crippen LogP contribution in [0.25, 0.3) is 0 Å². The quantitative estimate of drug-likeness (QED) is 0.843. The zero-order valence-corrected chi connectivity index (χ0v) is 11.6. The van der Waals surface area contributed by atoms with E-state index in [1.165, 1.54) is 11.1 Å². The Balaban J connectivity index is 1.77. The normalized spacial score (nSPS) is 17.9. The molecular formula is C15H19N3O2. The molecule has 3 rings (SSSR count). The van der Waals surface area contributed by atoms with E-state index in [-0.39, 0.29) is 5.92 Å². The third-order valence-corrected chi connectivity index (χ3v) is 3.55. The summed E-state index contributed by atoms with van der Waals surface area (Å²) in [6.07, 6.45) is 0.694.